The summed E-state index contributed by atoms with van der Waals surface area (Å²) in [5, 5.41) is 1.18. The van der Waals surface area contributed by atoms with Crippen LogP contribution < -0.4 is 22.0 Å². The average Bonchev–Trinajstić information content (AvgIpc) is 3.89. The minimum absolute atomic E-state index is 0.00559. The van der Waals surface area contributed by atoms with E-state index >= 15 is 0 Å². The summed E-state index contributed by atoms with van der Waals surface area (Å²) >= 11 is 108. The molecule has 9 rings (SSSR count). The molecule has 5 heterocycles. The lowest BCUT2D eigenvalue weighted by Crippen LogP contribution is -2.11. The van der Waals surface area contributed by atoms with Crippen molar-refractivity contribution in [2.24, 2.45) is 20.0 Å². The van der Waals surface area contributed by atoms with Crippen LogP contribution in [0.3, 0.4) is 0 Å². The molecular weight excluding hydrogens is 1060 g/mol. The van der Waals surface area contributed by atoms with Gasteiger partial charge in [-0.25, -0.2) is 24.1 Å². The zero-order valence-electron chi connectivity index (χ0n) is 25.9. The van der Waals surface area contributed by atoms with Crippen molar-refractivity contribution < 1.29 is 0 Å². The predicted octanol–water partition coefficient (Wildman–Crippen LogP) is 16.0. The minimum atomic E-state index is -0.0932. The molecule has 0 saturated carbocycles. The molecule has 8 bridgehead atoms. The summed E-state index contributed by atoms with van der Waals surface area (Å²) in [4.78, 5) is 29.0. The van der Waals surface area contributed by atoms with Gasteiger partial charge in [0.15, 0.2) is 11.6 Å². The number of fused-ring (bicyclic) bond motifs is 20. The Bertz CT molecular complexity index is 3450. The number of aromatic amines is 3. The SMILES string of the molecule is Clc1cc2c3[nH]c(c2c(Cl)c1Cl)=Nc1c2c(Cl)c(Cl)c(Cl)c(Cl)c2c(n1Cl)N=c1[nH]c(c2c(Cl)c(Cl)c(Cl)c(Cl)c12)=Nc1[nH]c(c2c(Cl)c(Cl)c(Cl)c(Cl)c12)N=3. The van der Waals surface area contributed by atoms with E-state index in [1.54, 1.807) is 0 Å². The third-order valence-corrected chi connectivity index (χ3v) is 15.8. The van der Waals surface area contributed by atoms with Crippen LogP contribution in [0.25, 0.3) is 43.1 Å². The van der Waals surface area contributed by atoms with E-state index in [4.69, 9.17) is 206 Å². The zero-order chi connectivity index (χ0) is 40.1. The number of hydrogen-bond acceptors (Lipinski definition) is 4. The smallest absolute Gasteiger partial charge is 0.161 e. The van der Waals surface area contributed by atoms with Crippen LogP contribution in [-0.4, -0.2) is 19.0 Å². The van der Waals surface area contributed by atoms with Gasteiger partial charge in [0, 0.05) is 22.5 Å². The van der Waals surface area contributed by atoms with Gasteiger partial charge >= 0.3 is 0 Å². The second kappa shape index (κ2) is 14.2. The summed E-state index contributed by atoms with van der Waals surface area (Å²) in [5.41, 5.74) is 0.299. The fourth-order valence-electron chi connectivity index (χ4n) is 6.37. The van der Waals surface area contributed by atoms with Crippen molar-refractivity contribution in [3.63, 3.8) is 0 Å². The van der Waals surface area contributed by atoms with Crippen LogP contribution in [0.2, 0.25) is 75.3 Å². The Morgan fingerprint density at radius 1 is 0.339 bits per heavy atom. The number of hydrogen-bond donors (Lipinski definition) is 3. The van der Waals surface area contributed by atoms with Crippen LogP contribution in [0, 0.1) is 0 Å². The van der Waals surface area contributed by atoms with Crippen LogP contribution in [0.1, 0.15) is 0 Å². The molecule has 4 aromatic heterocycles. The van der Waals surface area contributed by atoms with Crippen molar-refractivity contribution in [1.29, 1.82) is 0 Å². The lowest BCUT2D eigenvalue weighted by atomic mass is 10.2. The highest BCUT2D eigenvalue weighted by Gasteiger charge is 2.29. The van der Waals surface area contributed by atoms with E-state index in [9.17, 15) is 0 Å². The second-order valence-electron chi connectivity index (χ2n) is 11.8. The van der Waals surface area contributed by atoms with E-state index in [0.29, 0.717) is 5.39 Å². The van der Waals surface area contributed by atoms with Crippen molar-refractivity contribution in [3.05, 3.63) is 103 Å². The molecule has 0 amide bonds. The second-order valence-corrected chi connectivity index (χ2v) is 17.8. The molecule has 1 aliphatic heterocycles. The van der Waals surface area contributed by atoms with Crippen LogP contribution in [0.4, 0.5) is 23.3 Å². The largest absolute Gasteiger partial charge is 0.324 e. The van der Waals surface area contributed by atoms with Crippen molar-refractivity contribution in [2.45, 2.75) is 0 Å². The van der Waals surface area contributed by atoms with E-state index < -0.39 is 0 Å². The van der Waals surface area contributed by atoms with E-state index in [2.05, 4.69) is 15.0 Å². The molecule has 0 radical (unpaired) electrons. The fraction of sp³-hybridized carbons (Fsp3) is 0. The van der Waals surface area contributed by atoms with Crippen LogP contribution in [0.15, 0.2) is 26.0 Å². The van der Waals surface area contributed by atoms with Gasteiger partial charge in [0.2, 0.25) is 0 Å². The first-order valence-electron chi connectivity index (χ1n) is 14.8. The van der Waals surface area contributed by atoms with Crippen LogP contribution in [-0.2, 0) is 0 Å². The number of nitrogens with one attached hydrogen (secondary N) is 3. The average molecular weight is 1070 g/mol. The van der Waals surface area contributed by atoms with Gasteiger partial charge in [0.05, 0.1) is 108 Å². The number of nitrogens with zero attached hydrogens (tertiary/aromatic N) is 5. The highest BCUT2D eigenvalue weighted by atomic mass is 35.5. The first-order valence-corrected chi connectivity index (χ1v) is 20.8. The number of halogens is 16. The van der Waals surface area contributed by atoms with Gasteiger partial charge in [-0.3, -0.25) is 0 Å². The molecule has 4 aromatic carbocycles. The maximum absolute atomic E-state index is 7.12. The Hall–Kier alpha value is -1.12. The van der Waals surface area contributed by atoms with Gasteiger partial charge in [-0.1, -0.05) is 174 Å². The first-order chi connectivity index (χ1) is 26.4. The molecule has 0 spiro atoms. The highest BCUT2D eigenvalue weighted by molar-refractivity contribution is 6.58. The van der Waals surface area contributed by atoms with Crippen molar-refractivity contribution in [1.82, 2.24) is 19.0 Å². The zero-order valence-corrected chi connectivity index (χ0v) is 38.0. The molecule has 8 aromatic rings. The van der Waals surface area contributed by atoms with Gasteiger partial charge < -0.3 is 15.0 Å². The van der Waals surface area contributed by atoms with Crippen molar-refractivity contribution >= 4 is 252 Å². The number of aromatic nitrogens is 4. The number of benzene rings is 4. The lowest BCUT2D eigenvalue weighted by molar-refractivity contribution is 1.07. The normalized spacial score (nSPS) is 12.9. The lowest BCUT2D eigenvalue weighted by Gasteiger charge is -2.06. The van der Waals surface area contributed by atoms with Crippen LogP contribution >= 0.6 is 186 Å². The summed E-state index contributed by atoms with van der Waals surface area (Å²) < 4.78 is 1.07. The monoisotopic (exact) mass is 1060 g/mol. The predicted molar refractivity (Wildman–Crippen MR) is 236 cm³/mol. The summed E-state index contributed by atoms with van der Waals surface area (Å²) in [6.07, 6.45) is 0. The summed E-state index contributed by atoms with van der Waals surface area (Å²) in [5.74, 6) is 0.0881. The molecule has 56 heavy (non-hydrogen) atoms. The molecule has 1 aliphatic rings. The Labute approximate surface area is 390 Å². The molecule has 0 fully saturated rings. The topological polar surface area (TPSA) is 102 Å². The Balaban J connectivity index is 1.63. The molecular formula is C32H4Cl16N8. The van der Waals surface area contributed by atoms with Crippen molar-refractivity contribution in [2.75, 3.05) is 0 Å². The summed E-state index contributed by atoms with van der Waals surface area (Å²) in [7, 11) is 0. The molecule has 0 atom stereocenters. The molecule has 0 saturated heterocycles. The number of rotatable bonds is 0. The molecule has 284 valence electrons. The first kappa shape index (κ1) is 40.3. The van der Waals surface area contributed by atoms with Gasteiger partial charge in [-0.05, 0) is 6.07 Å². The maximum atomic E-state index is 7.12. The van der Waals surface area contributed by atoms with Gasteiger partial charge in [0.1, 0.15) is 33.6 Å². The molecule has 0 unspecified atom stereocenters. The van der Waals surface area contributed by atoms with Gasteiger partial charge in [-0.2, -0.15) is 0 Å². The van der Waals surface area contributed by atoms with E-state index in [1.807, 2.05) is 0 Å². The third kappa shape index (κ3) is 5.64. The molecule has 0 aliphatic carbocycles. The fourth-order valence-corrected chi connectivity index (χ4v) is 10.4. The Kier molecular flexibility index (Phi) is 10.2. The summed E-state index contributed by atoms with van der Waals surface area (Å²) in [6.45, 7) is 0. The standard InChI is InChI=1S/C32H4Cl16N8/c33-3-1-2-4(12(35)11(3)34)26-49-25(2)50-27-5-6(14(37)20(43)19(42)13(5)36)28(51-27)52-29-7-8(16(39)22(45)21(44)15(7)38)30(53-29)55-32-10-9(31(54-26)56(32)48)17(40)23(46)24(47)18(10)41/h1H,(H3,49,50,51,52,53,54,55). The molecule has 24 heteroatoms. The highest BCUT2D eigenvalue weighted by Crippen LogP contribution is 2.53. The van der Waals surface area contributed by atoms with E-state index in [0.717, 1.165) is 4.09 Å². The molecule has 3 N–H and O–H groups in total. The van der Waals surface area contributed by atoms with E-state index in [1.165, 1.54) is 6.07 Å². The summed E-state index contributed by atoms with van der Waals surface area (Å²) in [6, 6.07) is 1.54. The van der Waals surface area contributed by atoms with Crippen molar-refractivity contribution in [3.8, 4) is 0 Å². The molecule has 8 nitrogen and oxygen atoms in total. The minimum Gasteiger partial charge on any atom is -0.324 e. The quantitative estimate of drug-likeness (QED) is 0.0995. The number of H-pyrrole nitrogens is 3. The maximum Gasteiger partial charge on any atom is 0.161 e. The Morgan fingerprint density at radius 2 is 0.679 bits per heavy atom. The Morgan fingerprint density at radius 3 is 1.14 bits per heavy atom. The van der Waals surface area contributed by atoms with Gasteiger partial charge in [-0.15, -0.1) is 0 Å². The third-order valence-electron chi connectivity index (χ3n) is 8.81. The van der Waals surface area contributed by atoms with Crippen LogP contribution in [0.5, 0.6) is 0 Å². The van der Waals surface area contributed by atoms with E-state index in [-0.39, 0.29) is 158 Å². The van der Waals surface area contributed by atoms with Gasteiger partial charge in [0.25, 0.3) is 0 Å².